The Kier molecular flexibility index (Phi) is 3.84. The third-order valence-electron chi connectivity index (χ3n) is 1.82. The molecule has 0 heterocycles. The Morgan fingerprint density at radius 3 is 2.71 bits per heavy atom. The van der Waals surface area contributed by atoms with Gasteiger partial charge in [-0.1, -0.05) is 28.1 Å². The van der Waals surface area contributed by atoms with E-state index in [1.807, 2.05) is 0 Å². The normalized spacial score (nSPS) is 12.2. The molecule has 1 unspecified atom stereocenters. The third kappa shape index (κ3) is 2.22. The minimum Gasteiger partial charge on any atom is -0.298 e. The van der Waals surface area contributed by atoms with Gasteiger partial charge in [-0.3, -0.25) is 9.59 Å². The van der Waals surface area contributed by atoms with E-state index in [0.717, 1.165) is 0 Å². The Labute approximate surface area is 95.4 Å². The van der Waals surface area contributed by atoms with Gasteiger partial charge in [-0.05, 0) is 13.0 Å². The van der Waals surface area contributed by atoms with Crippen molar-refractivity contribution in [2.24, 2.45) is 0 Å². The topological polar surface area (TPSA) is 34.1 Å². The molecule has 14 heavy (non-hydrogen) atoms. The number of rotatable bonds is 3. The highest BCUT2D eigenvalue weighted by atomic mass is 79.9. The third-order valence-corrected chi connectivity index (χ3v) is 3.04. The highest BCUT2D eigenvalue weighted by molar-refractivity contribution is 9.10. The van der Waals surface area contributed by atoms with Gasteiger partial charge in [0.05, 0.1) is 0 Å². The van der Waals surface area contributed by atoms with Gasteiger partial charge in [-0.15, -0.1) is 11.6 Å². The number of alkyl halides is 1. The van der Waals surface area contributed by atoms with E-state index in [0.29, 0.717) is 21.9 Å². The van der Waals surface area contributed by atoms with Crippen molar-refractivity contribution in [1.29, 1.82) is 0 Å². The molecule has 2 nitrogen and oxygen atoms in total. The van der Waals surface area contributed by atoms with Crippen molar-refractivity contribution < 1.29 is 9.59 Å². The predicted octanol–water partition coefficient (Wildman–Crippen LogP) is 3.13. The molecule has 0 bridgehead atoms. The number of Topliss-reactive ketones (excluding diaryl/α,β-unsaturated/α-hetero) is 1. The number of hydrogen-bond acceptors (Lipinski definition) is 2. The molecule has 0 radical (unpaired) electrons. The Morgan fingerprint density at radius 2 is 2.21 bits per heavy atom. The van der Waals surface area contributed by atoms with Crippen molar-refractivity contribution in [3.63, 3.8) is 0 Å². The summed E-state index contributed by atoms with van der Waals surface area (Å²) >= 11 is 9.15. The molecular weight excluding hydrogens is 267 g/mol. The summed E-state index contributed by atoms with van der Waals surface area (Å²) in [4.78, 5) is 21.8. The number of benzene rings is 1. The molecule has 0 saturated carbocycles. The number of carbonyl (C=O) groups is 2. The number of carbonyl (C=O) groups excluding carboxylic acids is 2. The lowest BCUT2D eigenvalue weighted by Gasteiger charge is -2.10. The van der Waals surface area contributed by atoms with Crippen LogP contribution in [0.15, 0.2) is 22.7 Å². The predicted molar refractivity (Wildman–Crippen MR) is 58.8 cm³/mol. The fourth-order valence-corrected chi connectivity index (χ4v) is 2.11. The van der Waals surface area contributed by atoms with Crippen molar-refractivity contribution in [2.75, 3.05) is 0 Å². The van der Waals surface area contributed by atoms with E-state index in [4.69, 9.17) is 11.6 Å². The van der Waals surface area contributed by atoms with Gasteiger partial charge < -0.3 is 0 Å². The van der Waals surface area contributed by atoms with E-state index < -0.39 is 5.38 Å². The molecule has 0 saturated heterocycles. The first kappa shape index (κ1) is 11.4. The zero-order chi connectivity index (χ0) is 10.7. The smallest absolute Gasteiger partial charge is 0.152 e. The van der Waals surface area contributed by atoms with Crippen LogP contribution in [0.1, 0.15) is 28.2 Å². The quantitative estimate of drug-likeness (QED) is 0.627. The monoisotopic (exact) mass is 274 g/mol. The van der Waals surface area contributed by atoms with Crippen LogP contribution in [-0.4, -0.2) is 12.1 Å². The maximum Gasteiger partial charge on any atom is 0.152 e. The standard InChI is InChI=1S/C10H8BrClO2/c1-6(14)10(12)9-7(5-13)3-2-4-8(9)11/h2-5,10H,1H3. The molecule has 1 atom stereocenters. The first-order valence-electron chi connectivity index (χ1n) is 3.96. The summed E-state index contributed by atoms with van der Waals surface area (Å²) in [6.45, 7) is 1.39. The molecule has 0 aliphatic heterocycles. The van der Waals surface area contributed by atoms with E-state index in [2.05, 4.69) is 15.9 Å². The number of hydrogen-bond donors (Lipinski definition) is 0. The lowest BCUT2D eigenvalue weighted by atomic mass is 10.0. The molecule has 1 aromatic rings. The maximum absolute atomic E-state index is 11.1. The molecule has 0 spiro atoms. The number of aldehydes is 1. The van der Waals surface area contributed by atoms with Crippen LogP contribution in [0.3, 0.4) is 0 Å². The van der Waals surface area contributed by atoms with Crippen LogP contribution in [0.25, 0.3) is 0 Å². The molecule has 0 aromatic heterocycles. The van der Waals surface area contributed by atoms with E-state index >= 15 is 0 Å². The zero-order valence-electron chi connectivity index (χ0n) is 7.46. The van der Waals surface area contributed by atoms with Crippen molar-refractivity contribution in [3.05, 3.63) is 33.8 Å². The van der Waals surface area contributed by atoms with Crippen molar-refractivity contribution in [3.8, 4) is 0 Å². The highest BCUT2D eigenvalue weighted by Crippen LogP contribution is 2.31. The van der Waals surface area contributed by atoms with Gasteiger partial charge in [0.1, 0.15) is 11.7 Å². The number of halogens is 2. The van der Waals surface area contributed by atoms with Gasteiger partial charge in [0.15, 0.2) is 5.78 Å². The summed E-state index contributed by atoms with van der Waals surface area (Å²) in [5.74, 6) is -0.179. The maximum atomic E-state index is 11.1. The SMILES string of the molecule is CC(=O)C(Cl)c1c(Br)cccc1C=O. The first-order chi connectivity index (χ1) is 6.57. The molecule has 74 valence electrons. The molecule has 0 fully saturated rings. The Bertz CT molecular complexity index is 376. The van der Waals surface area contributed by atoms with Crippen molar-refractivity contribution >= 4 is 39.6 Å². The minimum absolute atomic E-state index is 0.179. The van der Waals surface area contributed by atoms with E-state index in [-0.39, 0.29) is 5.78 Å². The number of ketones is 1. The lowest BCUT2D eigenvalue weighted by molar-refractivity contribution is -0.116. The van der Waals surface area contributed by atoms with Gasteiger partial charge in [0.2, 0.25) is 0 Å². The van der Waals surface area contributed by atoms with E-state index in [1.54, 1.807) is 18.2 Å². The average Bonchev–Trinajstić information content (AvgIpc) is 2.16. The second kappa shape index (κ2) is 4.71. The van der Waals surface area contributed by atoms with Crippen LogP contribution in [0.5, 0.6) is 0 Å². The Morgan fingerprint density at radius 1 is 1.57 bits per heavy atom. The van der Waals surface area contributed by atoms with Crippen LogP contribution in [0.2, 0.25) is 0 Å². The van der Waals surface area contributed by atoms with Crippen molar-refractivity contribution in [1.82, 2.24) is 0 Å². The molecule has 1 rings (SSSR count). The fraction of sp³-hybridized carbons (Fsp3) is 0.200. The van der Waals surface area contributed by atoms with Gasteiger partial charge in [-0.2, -0.15) is 0 Å². The molecule has 0 aliphatic rings. The van der Waals surface area contributed by atoms with Crippen molar-refractivity contribution in [2.45, 2.75) is 12.3 Å². The van der Waals surface area contributed by atoms with Gasteiger partial charge >= 0.3 is 0 Å². The Hall–Kier alpha value is -0.670. The molecule has 0 amide bonds. The molecule has 1 aromatic carbocycles. The lowest BCUT2D eigenvalue weighted by Crippen LogP contribution is -2.05. The van der Waals surface area contributed by atoms with Crippen LogP contribution in [0.4, 0.5) is 0 Å². The van der Waals surface area contributed by atoms with Gasteiger partial charge in [0, 0.05) is 15.6 Å². The highest BCUT2D eigenvalue weighted by Gasteiger charge is 2.19. The molecule has 0 aliphatic carbocycles. The van der Waals surface area contributed by atoms with E-state index in [1.165, 1.54) is 6.92 Å². The van der Waals surface area contributed by atoms with Crippen LogP contribution >= 0.6 is 27.5 Å². The van der Waals surface area contributed by atoms with Crippen LogP contribution < -0.4 is 0 Å². The van der Waals surface area contributed by atoms with Gasteiger partial charge in [-0.25, -0.2) is 0 Å². The molecule has 0 N–H and O–H groups in total. The summed E-state index contributed by atoms with van der Waals surface area (Å²) in [6.07, 6.45) is 0.693. The Balaban J connectivity index is 3.30. The molecular formula is C10H8BrClO2. The average molecular weight is 276 g/mol. The van der Waals surface area contributed by atoms with E-state index in [9.17, 15) is 9.59 Å². The summed E-state index contributed by atoms with van der Waals surface area (Å²) in [5.41, 5.74) is 0.978. The van der Waals surface area contributed by atoms with Crippen LogP contribution in [0, 0.1) is 0 Å². The summed E-state index contributed by atoms with van der Waals surface area (Å²) < 4.78 is 0.678. The zero-order valence-corrected chi connectivity index (χ0v) is 9.80. The second-order valence-corrected chi connectivity index (χ2v) is 4.12. The summed E-state index contributed by atoms with van der Waals surface area (Å²) in [6, 6.07) is 5.10. The first-order valence-corrected chi connectivity index (χ1v) is 5.19. The molecule has 4 heteroatoms. The second-order valence-electron chi connectivity index (χ2n) is 2.83. The fourth-order valence-electron chi connectivity index (χ4n) is 1.13. The van der Waals surface area contributed by atoms with Gasteiger partial charge in [0.25, 0.3) is 0 Å². The summed E-state index contributed by atoms with van der Waals surface area (Å²) in [7, 11) is 0. The summed E-state index contributed by atoms with van der Waals surface area (Å²) in [5, 5.41) is -0.772. The van der Waals surface area contributed by atoms with Crippen LogP contribution in [-0.2, 0) is 4.79 Å². The minimum atomic E-state index is -0.772. The largest absolute Gasteiger partial charge is 0.298 e.